The van der Waals surface area contributed by atoms with Gasteiger partial charge in [0, 0.05) is 17.6 Å². The lowest BCUT2D eigenvalue weighted by molar-refractivity contribution is 0.460. The fourth-order valence-electron chi connectivity index (χ4n) is 1.83. The van der Waals surface area contributed by atoms with Crippen molar-refractivity contribution < 1.29 is 9.84 Å². The Morgan fingerprint density at radius 3 is 2.83 bits per heavy atom. The van der Waals surface area contributed by atoms with Crippen molar-refractivity contribution in [1.82, 2.24) is 4.37 Å². The molecule has 2 aromatic carbocycles. The molecular formula is C14H11NO2S. The molecule has 0 aliphatic carbocycles. The molecule has 0 spiro atoms. The molecule has 3 rings (SSSR count). The summed E-state index contributed by atoms with van der Waals surface area (Å²) in [7, 11) is 0. The monoisotopic (exact) mass is 257 g/mol. The second-order valence-electron chi connectivity index (χ2n) is 4.09. The highest BCUT2D eigenvalue weighted by atomic mass is 32.1. The molecule has 0 aliphatic rings. The van der Waals surface area contributed by atoms with Crippen LogP contribution in [-0.4, -0.2) is 9.48 Å². The fourth-order valence-corrected chi connectivity index (χ4v) is 2.58. The first-order valence-corrected chi connectivity index (χ1v) is 6.32. The summed E-state index contributed by atoms with van der Waals surface area (Å²) >= 11 is 1.32. The Bertz CT molecular complexity index is 686. The number of benzene rings is 2. The van der Waals surface area contributed by atoms with Crippen LogP contribution in [0.25, 0.3) is 10.9 Å². The van der Waals surface area contributed by atoms with Crippen molar-refractivity contribution in [3.8, 4) is 16.6 Å². The van der Waals surface area contributed by atoms with Crippen molar-refractivity contribution in [1.29, 1.82) is 0 Å². The standard InChI is InChI=1S/C14H11NO2S/c1-9-6-10(16)8-11(7-9)17-14-12-4-2-3-5-13(12)15-18-14/h2-8,16H,1H3. The first-order valence-electron chi connectivity index (χ1n) is 5.55. The van der Waals surface area contributed by atoms with Gasteiger partial charge in [0.2, 0.25) is 5.06 Å². The van der Waals surface area contributed by atoms with E-state index in [0.717, 1.165) is 21.5 Å². The number of aromatic nitrogens is 1. The lowest BCUT2D eigenvalue weighted by Gasteiger charge is -2.05. The summed E-state index contributed by atoms with van der Waals surface area (Å²) in [6.45, 7) is 1.91. The molecule has 3 aromatic rings. The maximum Gasteiger partial charge on any atom is 0.207 e. The van der Waals surface area contributed by atoms with Gasteiger partial charge in [-0.3, -0.25) is 0 Å². The van der Waals surface area contributed by atoms with Gasteiger partial charge in [-0.25, -0.2) is 0 Å². The highest BCUT2D eigenvalue weighted by Gasteiger charge is 2.08. The van der Waals surface area contributed by atoms with E-state index >= 15 is 0 Å². The Kier molecular flexibility index (Phi) is 2.64. The van der Waals surface area contributed by atoms with Gasteiger partial charge in [-0.05, 0) is 36.8 Å². The van der Waals surface area contributed by atoms with E-state index in [1.54, 1.807) is 12.1 Å². The van der Waals surface area contributed by atoms with E-state index in [9.17, 15) is 5.11 Å². The van der Waals surface area contributed by atoms with Gasteiger partial charge < -0.3 is 9.84 Å². The number of nitrogens with zero attached hydrogens (tertiary/aromatic N) is 1. The SMILES string of the molecule is Cc1cc(O)cc(Oc2snc3ccccc23)c1. The molecule has 1 heterocycles. The van der Waals surface area contributed by atoms with E-state index in [2.05, 4.69) is 4.37 Å². The molecule has 0 aliphatic heterocycles. The maximum atomic E-state index is 9.54. The van der Waals surface area contributed by atoms with Crippen LogP contribution in [0.4, 0.5) is 0 Å². The van der Waals surface area contributed by atoms with Crippen LogP contribution in [0.5, 0.6) is 16.6 Å². The lowest BCUT2D eigenvalue weighted by atomic mass is 10.2. The van der Waals surface area contributed by atoms with Gasteiger partial charge in [-0.1, -0.05) is 12.1 Å². The molecule has 0 bridgehead atoms. The number of fused-ring (bicyclic) bond motifs is 1. The predicted molar refractivity (Wildman–Crippen MR) is 72.5 cm³/mol. The fraction of sp³-hybridized carbons (Fsp3) is 0.0714. The van der Waals surface area contributed by atoms with Crippen LogP contribution in [0.3, 0.4) is 0 Å². The summed E-state index contributed by atoms with van der Waals surface area (Å²) in [5, 5.41) is 11.3. The van der Waals surface area contributed by atoms with E-state index in [1.165, 1.54) is 11.5 Å². The number of hydrogen-bond acceptors (Lipinski definition) is 4. The average molecular weight is 257 g/mol. The Hall–Kier alpha value is -2.07. The smallest absolute Gasteiger partial charge is 0.207 e. The highest BCUT2D eigenvalue weighted by molar-refractivity contribution is 7.09. The van der Waals surface area contributed by atoms with Crippen LogP contribution in [0.2, 0.25) is 0 Å². The van der Waals surface area contributed by atoms with Crippen LogP contribution in [-0.2, 0) is 0 Å². The summed E-state index contributed by atoms with van der Waals surface area (Å²) in [4.78, 5) is 0. The van der Waals surface area contributed by atoms with Crippen molar-refractivity contribution in [3.05, 3.63) is 48.0 Å². The second-order valence-corrected chi connectivity index (χ2v) is 4.83. The zero-order valence-corrected chi connectivity index (χ0v) is 10.6. The highest BCUT2D eigenvalue weighted by Crippen LogP contribution is 2.35. The van der Waals surface area contributed by atoms with Gasteiger partial charge in [0.05, 0.1) is 10.9 Å². The summed E-state index contributed by atoms with van der Waals surface area (Å²) in [5.41, 5.74) is 1.88. The van der Waals surface area contributed by atoms with Crippen molar-refractivity contribution in [3.63, 3.8) is 0 Å². The zero-order valence-electron chi connectivity index (χ0n) is 9.75. The summed E-state index contributed by atoms with van der Waals surface area (Å²) < 4.78 is 10.1. The molecule has 0 atom stereocenters. The molecule has 90 valence electrons. The average Bonchev–Trinajstić information content (AvgIpc) is 2.72. The van der Waals surface area contributed by atoms with Crippen molar-refractivity contribution in [2.45, 2.75) is 6.92 Å². The zero-order chi connectivity index (χ0) is 12.5. The van der Waals surface area contributed by atoms with E-state index in [4.69, 9.17) is 4.74 Å². The van der Waals surface area contributed by atoms with Gasteiger partial charge in [0.15, 0.2) is 0 Å². The number of hydrogen-bond donors (Lipinski definition) is 1. The van der Waals surface area contributed by atoms with Crippen LogP contribution in [0.1, 0.15) is 5.56 Å². The normalized spacial score (nSPS) is 10.7. The van der Waals surface area contributed by atoms with Gasteiger partial charge in [-0.15, -0.1) is 0 Å². The Morgan fingerprint density at radius 1 is 1.17 bits per heavy atom. The third-order valence-corrected chi connectivity index (χ3v) is 3.35. The molecular weight excluding hydrogens is 246 g/mol. The van der Waals surface area contributed by atoms with E-state index in [1.807, 2.05) is 37.3 Å². The van der Waals surface area contributed by atoms with Gasteiger partial charge in [0.1, 0.15) is 11.5 Å². The molecule has 18 heavy (non-hydrogen) atoms. The van der Waals surface area contributed by atoms with Gasteiger partial charge in [-0.2, -0.15) is 4.37 Å². The molecule has 4 heteroatoms. The second kappa shape index (κ2) is 4.31. The summed E-state index contributed by atoms with van der Waals surface area (Å²) in [6, 6.07) is 13.0. The largest absolute Gasteiger partial charge is 0.508 e. The molecule has 3 nitrogen and oxygen atoms in total. The molecule has 0 fully saturated rings. The number of ether oxygens (including phenoxy) is 1. The van der Waals surface area contributed by atoms with Crippen LogP contribution in [0.15, 0.2) is 42.5 Å². The minimum Gasteiger partial charge on any atom is -0.508 e. The summed E-state index contributed by atoms with van der Waals surface area (Å²) in [5.74, 6) is 0.834. The molecule has 0 saturated carbocycles. The Morgan fingerprint density at radius 2 is 2.00 bits per heavy atom. The first-order chi connectivity index (χ1) is 8.72. The number of phenolic OH excluding ortho intramolecular Hbond substituents is 1. The molecule has 1 N–H and O–H groups in total. The molecule has 0 unspecified atom stereocenters. The van der Waals surface area contributed by atoms with Crippen LogP contribution in [0, 0.1) is 6.92 Å². The maximum absolute atomic E-state index is 9.54. The number of phenols is 1. The third kappa shape index (κ3) is 2.02. The van der Waals surface area contributed by atoms with E-state index in [-0.39, 0.29) is 5.75 Å². The minimum absolute atomic E-state index is 0.207. The third-order valence-electron chi connectivity index (χ3n) is 2.60. The number of rotatable bonds is 2. The predicted octanol–water partition coefficient (Wildman–Crippen LogP) is 4.10. The first kappa shape index (κ1) is 11.0. The Balaban J connectivity index is 2.01. The van der Waals surface area contributed by atoms with Crippen molar-refractivity contribution in [2.24, 2.45) is 0 Å². The number of aryl methyl sites for hydroxylation is 1. The molecule has 0 saturated heterocycles. The molecule has 1 aromatic heterocycles. The van der Waals surface area contributed by atoms with Crippen LogP contribution >= 0.6 is 11.5 Å². The van der Waals surface area contributed by atoms with Crippen molar-refractivity contribution >= 4 is 22.4 Å². The van der Waals surface area contributed by atoms with E-state index < -0.39 is 0 Å². The van der Waals surface area contributed by atoms with E-state index in [0.29, 0.717) is 5.75 Å². The quantitative estimate of drug-likeness (QED) is 0.751. The Labute approximate surface area is 108 Å². The minimum atomic E-state index is 0.207. The molecule has 0 amide bonds. The number of aromatic hydroxyl groups is 1. The molecule has 0 radical (unpaired) electrons. The van der Waals surface area contributed by atoms with Gasteiger partial charge >= 0.3 is 0 Å². The lowest BCUT2D eigenvalue weighted by Crippen LogP contribution is -1.83. The van der Waals surface area contributed by atoms with Crippen LogP contribution < -0.4 is 4.74 Å². The van der Waals surface area contributed by atoms with Gasteiger partial charge in [0.25, 0.3) is 0 Å². The topological polar surface area (TPSA) is 42.4 Å². The summed E-state index contributed by atoms with van der Waals surface area (Å²) in [6.07, 6.45) is 0. The van der Waals surface area contributed by atoms with Crippen molar-refractivity contribution in [2.75, 3.05) is 0 Å².